The SMILES string of the molecule is Ic1ccccc1CNC1CCCCCC1. The maximum Gasteiger partial charge on any atom is 0.0218 e. The maximum absolute atomic E-state index is 3.71. The Balaban J connectivity index is 1.84. The molecule has 0 heterocycles. The van der Waals surface area contributed by atoms with Gasteiger partial charge in [0.15, 0.2) is 0 Å². The molecular weight excluding hydrogens is 309 g/mol. The summed E-state index contributed by atoms with van der Waals surface area (Å²) in [6.07, 6.45) is 8.40. The molecule has 0 radical (unpaired) electrons. The van der Waals surface area contributed by atoms with Crippen molar-refractivity contribution in [2.45, 2.75) is 51.1 Å². The number of hydrogen-bond donors (Lipinski definition) is 1. The van der Waals surface area contributed by atoms with E-state index in [2.05, 4.69) is 52.2 Å². The van der Waals surface area contributed by atoms with Gasteiger partial charge in [0.05, 0.1) is 0 Å². The third-order valence-electron chi connectivity index (χ3n) is 3.39. The summed E-state index contributed by atoms with van der Waals surface area (Å²) in [7, 11) is 0. The highest BCUT2D eigenvalue weighted by molar-refractivity contribution is 14.1. The zero-order valence-electron chi connectivity index (χ0n) is 9.71. The van der Waals surface area contributed by atoms with E-state index in [-0.39, 0.29) is 0 Å². The largest absolute Gasteiger partial charge is 0.310 e. The summed E-state index contributed by atoms with van der Waals surface area (Å²) in [5, 5.41) is 3.71. The van der Waals surface area contributed by atoms with Crippen LogP contribution in [0, 0.1) is 3.57 Å². The van der Waals surface area contributed by atoms with Crippen molar-refractivity contribution in [1.29, 1.82) is 0 Å². The number of rotatable bonds is 3. The summed E-state index contributed by atoms with van der Waals surface area (Å²) >= 11 is 2.42. The first-order valence-electron chi connectivity index (χ1n) is 6.33. The molecular formula is C14H20IN. The van der Waals surface area contributed by atoms with Gasteiger partial charge in [0.2, 0.25) is 0 Å². The average molecular weight is 329 g/mol. The molecule has 16 heavy (non-hydrogen) atoms. The lowest BCUT2D eigenvalue weighted by Gasteiger charge is -2.16. The molecule has 0 unspecified atom stereocenters. The molecule has 1 saturated carbocycles. The molecule has 0 amide bonds. The summed E-state index contributed by atoms with van der Waals surface area (Å²) in [6.45, 7) is 1.03. The van der Waals surface area contributed by atoms with Gasteiger partial charge in [-0.3, -0.25) is 0 Å². The molecule has 2 heteroatoms. The van der Waals surface area contributed by atoms with Gasteiger partial charge in [-0.05, 0) is 47.1 Å². The first-order chi connectivity index (χ1) is 7.86. The lowest BCUT2D eigenvalue weighted by atomic mass is 10.1. The highest BCUT2D eigenvalue weighted by Crippen LogP contribution is 2.18. The summed E-state index contributed by atoms with van der Waals surface area (Å²) < 4.78 is 1.38. The number of hydrogen-bond acceptors (Lipinski definition) is 1. The minimum atomic E-state index is 0.749. The molecule has 2 rings (SSSR count). The van der Waals surface area contributed by atoms with Gasteiger partial charge in [-0.15, -0.1) is 0 Å². The normalized spacial score (nSPS) is 18.3. The zero-order valence-corrected chi connectivity index (χ0v) is 11.9. The topological polar surface area (TPSA) is 12.0 Å². The monoisotopic (exact) mass is 329 g/mol. The Morgan fingerprint density at radius 3 is 2.44 bits per heavy atom. The van der Waals surface area contributed by atoms with Crippen molar-refractivity contribution in [2.24, 2.45) is 0 Å². The fourth-order valence-corrected chi connectivity index (χ4v) is 2.96. The van der Waals surface area contributed by atoms with Gasteiger partial charge < -0.3 is 5.32 Å². The fraction of sp³-hybridized carbons (Fsp3) is 0.571. The lowest BCUT2D eigenvalue weighted by molar-refractivity contribution is 0.458. The molecule has 1 nitrogen and oxygen atoms in total. The smallest absolute Gasteiger partial charge is 0.0218 e. The number of halogens is 1. The van der Waals surface area contributed by atoms with Gasteiger partial charge in [-0.2, -0.15) is 0 Å². The molecule has 0 bridgehead atoms. The predicted molar refractivity (Wildman–Crippen MR) is 77.5 cm³/mol. The lowest BCUT2D eigenvalue weighted by Crippen LogP contribution is -2.28. The third kappa shape index (κ3) is 3.74. The minimum Gasteiger partial charge on any atom is -0.310 e. The molecule has 1 aromatic rings. The quantitative estimate of drug-likeness (QED) is 0.650. The van der Waals surface area contributed by atoms with Crippen LogP contribution >= 0.6 is 22.6 Å². The average Bonchev–Trinajstić information content (AvgIpc) is 2.56. The van der Waals surface area contributed by atoms with E-state index in [0.717, 1.165) is 12.6 Å². The first kappa shape index (κ1) is 12.4. The van der Waals surface area contributed by atoms with Gasteiger partial charge in [-0.1, -0.05) is 43.9 Å². The van der Waals surface area contributed by atoms with Crippen LogP contribution in [0.2, 0.25) is 0 Å². The van der Waals surface area contributed by atoms with Crippen LogP contribution in [0.5, 0.6) is 0 Å². The van der Waals surface area contributed by atoms with Crippen molar-refractivity contribution in [3.05, 3.63) is 33.4 Å². The summed E-state index contributed by atoms with van der Waals surface area (Å²) in [5.74, 6) is 0. The van der Waals surface area contributed by atoms with Crippen molar-refractivity contribution >= 4 is 22.6 Å². The predicted octanol–water partition coefficient (Wildman–Crippen LogP) is 4.10. The van der Waals surface area contributed by atoms with Crippen LogP contribution in [0.4, 0.5) is 0 Å². The van der Waals surface area contributed by atoms with Crippen LogP contribution in [0.15, 0.2) is 24.3 Å². The summed E-state index contributed by atoms with van der Waals surface area (Å²) in [6, 6.07) is 9.40. The van der Waals surface area contributed by atoms with E-state index < -0.39 is 0 Å². The van der Waals surface area contributed by atoms with E-state index in [1.807, 2.05) is 0 Å². The molecule has 0 atom stereocenters. The van der Waals surface area contributed by atoms with E-state index >= 15 is 0 Å². The Hall–Kier alpha value is -0.0900. The van der Waals surface area contributed by atoms with Gasteiger partial charge in [0, 0.05) is 16.2 Å². The Morgan fingerprint density at radius 2 is 1.75 bits per heavy atom. The van der Waals surface area contributed by atoms with Crippen LogP contribution in [0.3, 0.4) is 0 Å². The van der Waals surface area contributed by atoms with Crippen molar-refractivity contribution in [1.82, 2.24) is 5.32 Å². The van der Waals surface area contributed by atoms with Crippen LogP contribution in [-0.4, -0.2) is 6.04 Å². The standard InChI is InChI=1S/C14H20IN/c15-14-10-6-5-7-12(14)11-16-13-8-3-1-2-4-9-13/h5-7,10,13,16H,1-4,8-9,11H2. The molecule has 0 aromatic heterocycles. The van der Waals surface area contributed by atoms with Gasteiger partial charge in [0.1, 0.15) is 0 Å². The molecule has 88 valence electrons. The second-order valence-corrected chi connectivity index (χ2v) is 5.82. The Kier molecular flexibility index (Phi) is 5.10. The zero-order chi connectivity index (χ0) is 11.2. The van der Waals surface area contributed by atoms with E-state index in [0.29, 0.717) is 0 Å². The third-order valence-corrected chi connectivity index (χ3v) is 4.45. The highest BCUT2D eigenvalue weighted by Gasteiger charge is 2.11. The molecule has 1 aromatic carbocycles. The van der Waals surface area contributed by atoms with Crippen molar-refractivity contribution in [3.63, 3.8) is 0 Å². The van der Waals surface area contributed by atoms with Gasteiger partial charge >= 0.3 is 0 Å². The van der Waals surface area contributed by atoms with Crippen molar-refractivity contribution in [2.75, 3.05) is 0 Å². The highest BCUT2D eigenvalue weighted by atomic mass is 127. The van der Waals surface area contributed by atoms with E-state index in [1.54, 1.807) is 0 Å². The van der Waals surface area contributed by atoms with E-state index in [1.165, 1.54) is 47.7 Å². The summed E-state index contributed by atoms with van der Waals surface area (Å²) in [5.41, 5.74) is 1.44. The van der Waals surface area contributed by atoms with E-state index in [4.69, 9.17) is 0 Å². The molecule has 0 spiro atoms. The minimum absolute atomic E-state index is 0.749. The molecule has 1 aliphatic carbocycles. The first-order valence-corrected chi connectivity index (χ1v) is 7.41. The molecule has 0 saturated heterocycles. The van der Waals surface area contributed by atoms with E-state index in [9.17, 15) is 0 Å². The Bertz CT molecular complexity index is 316. The Labute approximate surface area is 112 Å². The number of nitrogens with one attached hydrogen (secondary N) is 1. The molecule has 1 N–H and O–H groups in total. The van der Waals surface area contributed by atoms with Crippen LogP contribution in [-0.2, 0) is 6.54 Å². The summed E-state index contributed by atoms with van der Waals surface area (Å²) in [4.78, 5) is 0. The molecule has 1 aliphatic rings. The second kappa shape index (κ2) is 6.60. The maximum atomic E-state index is 3.71. The van der Waals surface area contributed by atoms with Crippen LogP contribution in [0.25, 0.3) is 0 Å². The van der Waals surface area contributed by atoms with Gasteiger partial charge in [0.25, 0.3) is 0 Å². The van der Waals surface area contributed by atoms with Gasteiger partial charge in [-0.25, -0.2) is 0 Å². The number of benzene rings is 1. The molecule has 1 fully saturated rings. The Morgan fingerprint density at radius 1 is 1.06 bits per heavy atom. The van der Waals surface area contributed by atoms with Crippen LogP contribution in [0.1, 0.15) is 44.1 Å². The van der Waals surface area contributed by atoms with Crippen LogP contribution < -0.4 is 5.32 Å². The van der Waals surface area contributed by atoms with Crippen molar-refractivity contribution in [3.8, 4) is 0 Å². The fourth-order valence-electron chi connectivity index (χ4n) is 2.38. The molecule has 0 aliphatic heterocycles. The second-order valence-electron chi connectivity index (χ2n) is 4.66. The van der Waals surface area contributed by atoms with Crippen molar-refractivity contribution < 1.29 is 0 Å².